The number of carbonyl (C=O) groups excluding carboxylic acids is 3. The van der Waals surface area contributed by atoms with Crippen LogP contribution in [0.5, 0.6) is 5.75 Å². The standard InChI is InChI=1S/C24H22O6/c1-16(2)22(15-25)28-13-14-29-24(27)20-7-5-18(6-8-20)19-9-11-21(12-10-19)30-23(26)17(3)4/h5-12H,1,3,13-14H2,2,4H3. The van der Waals surface area contributed by atoms with Crippen LogP contribution in [0.3, 0.4) is 0 Å². The molecule has 0 atom stereocenters. The summed E-state index contributed by atoms with van der Waals surface area (Å²) >= 11 is 0. The Kier molecular flexibility index (Phi) is 7.91. The maximum atomic E-state index is 12.1. The number of hydrogen-bond acceptors (Lipinski definition) is 6. The van der Waals surface area contributed by atoms with Crippen LogP contribution in [0.4, 0.5) is 0 Å². The molecule has 0 fully saturated rings. The van der Waals surface area contributed by atoms with Crippen LogP contribution in [-0.4, -0.2) is 31.1 Å². The number of ether oxygens (including phenoxy) is 3. The van der Waals surface area contributed by atoms with Gasteiger partial charge in [0.05, 0.1) is 5.56 Å². The second-order valence-corrected chi connectivity index (χ2v) is 6.47. The lowest BCUT2D eigenvalue weighted by molar-refractivity contribution is -0.130. The molecule has 0 aliphatic rings. The lowest BCUT2D eigenvalue weighted by Crippen LogP contribution is -2.11. The van der Waals surface area contributed by atoms with Crippen molar-refractivity contribution >= 4 is 17.9 Å². The first kappa shape index (κ1) is 22.4. The largest absolute Gasteiger partial charge is 0.479 e. The van der Waals surface area contributed by atoms with E-state index in [1.54, 1.807) is 56.2 Å². The minimum atomic E-state index is -0.501. The zero-order valence-electron chi connectivity index (χ0n) is 16.9. The Balaban J connectivity index is 1.92. The summed E-state index contributed by atoms with van der Waals surface area (Å²) in [5.41, 5.74) is 2.94. The Morgan fingerprint density at radius 1 is 0.833 bits per heavy atom. The first-order valence-corrected chi connectivity index (χ1v) is 9.11. The molecule has 0 amide bonds. The van der Waals surface area contributed by atoms with Gasteiger partial charge in [0, 0.05) is 5.57 Å². The molecule has 0 saturated heterocycles. The zero-order valence-corrected chi connectivity index (χ0v) is 16.9. The van der Waals surface area contributed by atoms with Gasteiger partial charge in [-0.05, 0) is 54.8 Å². The third-order valence-corrected chi connectivity index (χ3v) is 3.91. The Labute approximate surface area is 175 Å². The van der Waals surface area contributed by atoms with Gasteiger partial charge >= 0.3 is 11.9 Å². The Morgan fingerprint density at radius 3 is 1.87 bits per heavy atom. The van der Waals surface area contributed by atoms with Gasteiger partial charge < -0.3 is 14.2 Å². The lowest BCUT2D eigenvalue weighted by Gasteiger charge is -2.09. The first-order valence-electron chi connectivity index (χ1n) is 9.11. The summed E-state index contributed by atoms with van der Waals surface area (Å²) in [7, 11) is 0. The molecule has 0 spiro atoms. The molecule has 0 heterocycles. The fourth-order valence-corrected chi connectivity index (χ4v) is 2.31. The summed E-state index contributed by atoms with van der Waals surface area (Å²) in [6.45, 7) is 10.4. The number of rotatable bonds is 9. The van der Waals surface area contributed by atoms with Gasteiger partial charge in [-0.25, -0.2) is 14.4 Å². The van der Waals surface area contributed by atoms with Gasteiger partial charge in [-0.3, -0.25) is 0 Å². The SMILES string of the molecule is C=C(C)C(=O)Oc1ccc(-c2ccc(C(=O)OCCOC(=C=O)C(=C)C)cc2)cc1. The monoisotopic (exact) mass is 406 g/mol. The van der Waals surface area contributed by atoms with Crippen molar-refractivity contribution in [3.8, 4) is 16.9 Å². The van der Waals surface area contributed by atoms with Crippen LogP contribution in [0.2, 0.25) is 0 Å². The molecule has 2 aromatic carbocycles. The van der Waals surface area contributed by atoms with Crippen LogP contribution >= 0.6 is 0 Å². The number of benzene rings is 2. The van der Waals surface area contributed by atoms with E-state index in [1.807, 2.05) is 12.1 Å². The van der Waals surface area contributed by atoms with Crippen LogP contribution in [-0.2, 0) is 19.1 Å². The van der Waals surface area contributed by atoms with E-state index in [0.29, 0.717) is 22.5 Å². The summed E-state index contributed by atoms with van der Waals surface area (Å²) in [4.78, 5) is 34.3. The highest BCUT2D eigenvalue weighted by Gasteiger charge is 2.09. The Hall–Kier alpha value is -3.89. The van der Waals surface area contributed by atoms with Gasteiger partial charge in [-0.15, -0.1) is 0 Å². The highest BCUT2D eigenvalue weighted by Crippen LogP contribution is 2.23. The molecular formula is C24H22O6. The average molecular weight is 406 g/mol. The maximum Gasteiger partial charge on any atom is 0.338 e. The highest BCUT2D eigenvalue weighted by atomic mass is 16.6. The van der Waals surface area contributed by atoms with Gasteiger partial charge in [-0.1, -0.05) is 37.4 Å². The van der Waals surface area contributed by atoms with Crippen LogP contribution in [0, 0.1) is 0 Å². The minimum absolute atomic E-state index is 0.0100. The molecule has 6 heteroatoms. The van der Waals surface area contributed by atoms with Crippen molar-refractivity contribution in [3.05, 3.63) is 84.2 Å². The molecular weight excluding hydrogens is 384 g/mol. The van der Waals surface area contributed by atoms with Crippen LogP contribution < -0.4 is 4.74 Å². The Bertz CT molecular complexity index is 993. The summed E-state index contributed by atoms with van der Waals surface area (Å²) in [5.74, 6) is 1.09. The van der Waals surface area contributed by atoms with E-state index in [2.05, 4.69) is 13.2 Å². The molecule has 0 unspecified atom stereocenters. The summed E-state index contributed by atoms with van der Waals surface area (Å²) in [6, 6.07) is 13.9. The third kappa shape index (κ3) is 6.33. The highest BCUT2D eigenvalue weighted by molar-refractivity contribution is 5.90. The smallest absolute Gasteiger partial charge is 0.338 e. The van der Waals surface area contributed by atoms with Gasteiger partial charge in [0.15, 0.2) is 5.94 Å². The molecule has 6 nitrogen and oxygen atoms in total. The van der Waals surface area contributed by atoms with Crippen LogP contribution in [0.25, 0.3) is 11.1 Å². The normalized spacial score (nSPS) is 9.80. The Morgan fingerprint density at radius 2 is 1.37 bits per heavy atom. The van der Waals surface area contributed by atoms with Crippen LogP contribution in [0.1, 0.15) is 24.2 Å². The van der Waals surface area contributed by atoms with Gasteiger partial charge in [-0.2, -0.15) is 0 Å². The first-order chi connectivity index (χ1) is 14.3. The fraction of sp³-hybridized carbons (Fsp3) is 0.167. The lowest BCUT2D eigenvalue weighted by atomic mass is 10.0. The van der Waals surface area contributed by atoms with Crippen molar-refractivity contribution < 1.29 is 28.6 Å². The predicted molar refractivity (Wildman–Crippen MR) is 113 cm³/mol. The maximum absolute atomic E-state index is 12.1. The minimum Gasteiger partial charge on any atom is -0.479 e. The topological polar surface area (TPSA) is 78.9 Å². The summed E-state index contributed by atoms with van der Waals surface area (Å²) < 4.78 is 15.4. The van der Waals surface area contributed by atoms with E-state index in [0.717, 1.165) is 11.1 Å². The second-order valence-electron chi connectivity index (χ2n) is 6.47. The average Bonchev–Trinajstić information content (AvgIpc) is 2.74. The van der Waals surface area contributed by atoms with E-state index in [4.69, 9.17) is 14.2 Å². The van der Waals surface area contributed by atoms with Crippen molar-refractivity contribution in [1.82, 2.24) is 0 Å². The van der Waals surface area contributed by atoms with Gasteiger partial charge in [0.2, 0.25) is 5.76 Å². The van der Waals surface area contributed by atoms with Crippen molar-refractivity contribution in [2.45, 2.75) is 13.8 Å². The van der Waals surface area contributed by atoms with E-state index in [9.17, 15) is 14.4 Å². The molecule has 0 aliphatic carbocycles. The van der Waals surface area contributed by atoms with E-state index in [1.165, 1.54) is 0 Å². The van der Waals surface area contributed by atoms with Gasteiger partial charge in [0.25, 0.3) is 0 Å². The van der Waals surface area contributed by atoms with Crippen molar-refractivity contribution in [2.75, 3.05) is 13.2 Å². The molecule has 0 N–H and O–H groups in total. The molecule has 2 aromatic rings. The molecule has 0 aliphatic heterocycles. The van der Waals surface area contributed by atoms with E-state index < -0.39 is 11.9 Å². The molecule has 0 aromatic heterocycles. The second kappa shape index (κ2) is 10.6. The molecule has 154 valence electrons. The number of hydrogen-bond donors (Lipinski definition) is 0. The van der Waals surface area contributed by atoms with Crippen molar-refractivity contribution in [3.63, 3.8) is 0 Å². The van der Waals surface area contributed by atoms with Gasteiger partial charge in [0.1, 0.15) is 19.0 Å². The number of esters is 2. The quantitative estimate of drug-likeness (QED) is 0.118. The molecule has 30 heavy (non-hydrogen) atoms. The summed E-state index contributed by atoms with van der Waals surface area (Å²) in [6.07, 6.45) is 0. The number of carbonyl (C=O) groups is 2. The van der Waals surface area contributed by atoms with Crippen LogP contribution in [0.15, 0.2) is 78.6 Å². The molecule has 0 saturated carbocycles. The predicted octanol–water partition coefficient (Wildman–Crippen LogP) is 4.30. The van der Waals surface area contributed by atoms with Crippen molar-refractivity contribution in [1.29, 1.82) is 0 Å². The number of allylic oxidation sites excluding steroid dienone is 1. The molecule has 0 bridgehead atoms. The summed E-state index contributed by atoms with van der Waals surface area (Å²) in [5, 5.41) is 0. The van der Waals surface area contributed by atoms with E-state index >= 15 is 0 Å². The molecule has 0 radical (unpaired) electrons. The zero-order chi connectivity index (χ0) is 22.1. The third-order valence-electron chi connectivity index (χ3n) is 3.91. The fourth-order valence-electron chi connectivity index (χ4n) is 2.31. The van der Waals surface area contributed by atoms with Crippen molar-refractivity contribution in [2.24, 2.45) is 0 Å². The van der Waals surface area contributed by atoms with E-state index in [-0.39, 0.29) is 19.0 Å². The molecule has 2 rings (SSSR count).